The van der Waals surface area contributed by atoms with Gasteiger partial charge in [-0.3, -0.25) is 0 Å². The van der Waals surface area contributed by atoms with Crippen LogP contribution in [0.4, 0.5) is 0 Å². The molecule has 0 saturated carbocycles. The maximum Gasteiger partial charge on any atom is 0.0293 e. The van der Waals surface area contributed by atoms with Crippen LogP contribution in [0.5, 0.6) is 0 Å². The first-order valence-electron chi connectivity index (χ1n) is 4.02. The molecule has 0 radical (unpaired) electrons. The normalized spacial score (nSPS) is 24.0. The van der Waals surface area contributed by atoms with Gasteiger partial charge in [0.05, 0.1) is 0 Å². The molecule has 11 heavy (non-hydrogen) atoms. The highest BCUT2D eigenvalue weighted by Gasteiger charge is 2.21. The predicted molar refractivity (Wildman–Crippen MR) is 47.8 cm³/mol. The third-order valence-electron chi connectivity index (χ3n) is 2.29. The van der Waals surface area contributed by atoms with Crippen molar-refractivity contribution in [3.8, 4) is 0 Å². The Hall–Kier alpha value is -0.920. The van der Waals surface area contributed by atoms with Crippen LogP contribution in [0.1, 0.15) is 19.8 Å². The molecule has 1 atom stereocenters. The summed E-state index contributed by atoms with van der Waals surface area (Å²) in [6.45, 7) is 5.96. The fraction of sp³-hybridized carbons (Fsp3) is 0.556. The van der Waals surface area contributed by atoms with Crippen LogP contribution in [0.15, 0.2) is 23.5 Å². The van der Waals surface area contributed by atoms with Crippen LogP contribution < -0.4 is 11.1 Å². The lowest BCUT2D eigenvalue weighted by Gasteiger charge is -2.09. The van der Waals surface area contributed by atoms with E-state index in [4.69, 9.17) is 5.73 Å². The van der Waals surface area contributed by atoms with Crippen LogP contribution in [0.3, 0.4) is 0 Å². The van der Waals surface area contributed by atoms with E-state index in [9.17, 15) is 0 Å². The van der Waals surface area contributed by atoms with Crippen molar-refractivity contribution in [3.05, 3.63) is 23.5 Å². The molecule has 2 heteroatoms. The molecule has 0 aromatic heterocycles. The minimum atomic E-state index is 0.579. The Kier molecular flexibility index (Phi) is 2.22. The van der Waals surface area contributed by atoms with Crippen molar-refractivity contribution >= 4 is 0 Å². The van der Waals surface area contributed by atoms with Crippen LogP contribution in [0, 0.1) is 5.92 Å². The summed E-state index contributed by atoms with van der Waals surface area (Å²) in [5, 5.41) is 3.16. The van der Waals surface area contributed by atoms with Gasteiger partial charge in [-0.15, -0.1) is 0 Å². The molecule has 0 fully saturated rings. The van der Waals surface area contributed by atoms with Gasteiger partial charge in [0.15, 0.2) is 0 Å². The molecule has 1 aliphatic rings. The van der Waals surface area contributed by atoms with Gasteiger partial charge in [-0.1, -0.05) is 13.5 Å². The van der Waals surface area contributed by atoms with E-state index >= 15 is 0 Å². The van der Waals surface area contributed by atoms with Crippen LogP contribution in [-0.4, -0.2) is 7.05 Å². The third kappa shape index (κ3) is 1.39. The molecular formula is C9H16N2. The molecule has 0 bridgehead atoms. The summed E-state index contributed by atoms with van der Waals surface area (Å²) >= 11 is 0. The van der Waals surface area contributed by atoms with Crippen molar-refractivity contribution in [3.63, 3.8) is 0 Å². The fourth-order valence-corrected chi connectivity index (χ4v) is 1.71. The van der Waals surface area contributed by atoms with Crippen LogP contribution in [0.25, 0.3) is 0 Å². The lowest BCUT2D eigenvalue weighted by Crippen LogP contribution is -2.10. The lowest BCUT2D eigenvalue weighted by atomic mass is 10.0. The molecule has 0 aromatic carbocycles. The largest absolute Gasteiger partial charge is 0.399 e. The highest BCUT2D eigenvalue weighted by atomic mass is 14.8. The minimum absolute atomic E-state index is 0.579. The van der Waals surface area contributed by atoms with Gasteiger partial charge in [-0.05, 0) is 24.3 Å². The summed E-state index contributed by atoms with van der Waals surface area (Å²) < 4.78 is 0. The van der Waals surface area contributed by atoms with Gasteiger partial charge in [0.2, 0.25) is 0 Å². The quantitative estimate of drug-likeness (QED) is 0.627. The number of hydrogen-bond acceptors (Lipinski definition) is 2. The first-order chi connectivity index (χ1) is 5.16. The number of rotatable bonds is 2. The molecule has 62 valence electrons. The van der Waals surface area contributed by atoms with Crippen molar-refractivity contribution in [1.82, 2.24) is 5.32 Å². The number of hydrogen-bond donors (Lipinski definition) is 2. The van der Waals surface area contributed by atoms with Crippen molar-refractivity contribution in [2.45, 2.75) is 19.8 Å². The number of allylic oxidation sites excluding steroid dienone is 2. The Morgan fingerprint density at radius 2 is 2.36 bits per heavy atom. The zero-order valence-corrected chi connectivity index (χ0v) is 7.28. The molecule has 0 heterocycles. The lowest BCUT2D eigenvalue weighted by molar-refractivity contribution is 0.670. The van der Waals surface area contributed by atoms with Crippen LogP contribution in [0.2, 0.25) is 0 Å². The Morgan fingerprint density at radius 1 is 1.73 bits per heavy atom. The molecule has 2 nitrogen and oxygen atoms in total. The van der Waals surface area contributed by atoms with Gasteiger partial charge in [-0.25, -0.2) is 0 Å². The first-order valence-corrected chi connectivity index (χ1v) is 4.02. The van der Waals surface area contributed by atoms with Crippen LogP contribution in [-0.2, 0) is 0 Å². The second-order valence-corrected chi connectivity index (χ2v) is 3.11. The van der Waals surface area contributed by atoms with E-state index in [1.807, 2.05) is 7.05 Å². The fourth-order valence-electron chi connectivity index (χ4n) is 1.71. The summed E-state index contributed by atoms with van der Waals surface area (Å²) in [5.41, 5.74) is 8.88. The molecule has 0 saturated heterocycles. The summed E-state index contributed by atoms with van der Waals surface area (Å²) in [6, 6.07) is 0. The van der Waals surface area contributed by atoms with E-state index in [1.54, 1.807) is 0 Å². The predicted octanol–water partition coefficient (Wildman–Crippen LogP) is 1.36. The third-order valence-corrected chi connectivity index (χ3v) is 2.29. The molecule has 0 aliphatic heterocycles. The Morgan fingerprint density at radius 3 is 2.73 bits per heavy atom. The topological polar surface area (TPSA) is 38.0 Å². The second kappa shape index (κ2) is 2.99. The van der Waals surface area contributed by atoms with Crippen molar-refractivity contribution in [2.24, 2.45) is 11.7 Å². The van der Waals surface area contributed by atoms with E-state index in [0.717, 1.165) is 12.1 Å². The van der Waals surface area contributed by atoms with E-state index < -0.39 is 0 Å². The monoisotopic (exact) mass is 152 g/mol. The second-order valence-electron chi connectivity index (χ2n) is 3.11. The summed E-state index contributed by atoms with van der Waals surface area (Å²) in [7, 11) is 1.94. The maximum absolute atomic E-state index is 5.66. The smallest absolute Gasteiger partial charge is 0.0293 e. The summed E-state index contributed by atoms with van der Waals surface area (Å²) in [5.74, 6) is 0.579. The van der Waals surface area contributed by atoms with Crippen molar-refractivity contribution in [2.75, 3.05) is 7.05 Å². The zero-order valence-electron chi connectivity index (χ0n) is 7.28. The van der Waals surface area contributed by atoms with Gasteiger partial charge in [-0.2, -0.15) is 0 Å². The molecule has 1 rings (SSSR count). The minimum Gasteiger partial charge on any atom is -0.399 e. The molecule has 0 aromatic rings. The average molecular weight is 152 g/mol. The maximum atomic E-state index is 5.66. The Bertz CT molecular complexity index is 204. The van der Waals surface area contributed by atoms with Gasteiger partial charge in [0.1, 0.15) is 0 Å². The van der Waals surface area contributed by atoms with Gasteiger partial charge in [0, 0.05) is 18.4 Å². The van der Waals surface area contributed by atoms with Gasteiger partial charge < -0.3 is 11.1 Å². The van der Waals surface area contributed by atoms with Gasteiger partial charge in [0.25, 0.3) is 0 Å². The molecule has 0 amide bonds. The summed E-state index contributed by atoms with van der Waals surface area (Å²) in [6.07, 6.45) is 2.31. The SMILES string of the molecule is C=C(N)C1=C(NC)CC[C@H]1C. The zero-order chi connectivity index (χ0) is 8.43. The standard InChI is InChI=1S/C9H16N2/c1-6-4-5-8(11-3)9(6)7(2)10/h6,11H,2,4-5,10H2,1,3H3/t6-/m1/s1. The molecule has 1 aliphatic carbocycles. The molecular weight excluding hydrogens is 136 g/mol. The van der Waals surface area contributed by atoms with Crippen molar-refractivity contribution < 1.29 is 0 Å². The van der Waals surface area contributed by atoms with E-state index in [2.05, 4.69) is 18.8 Å². The molecule has 0 unspecified atom stereocenters. The van der Waals surface area contributed by atoms with E-state index in [1.165, 1.54) is 17.7 Å². The number of nitrogens with one attached hydrogen (secondary N) is 1. The Labute approximate surface area is 68.2 Å². The van der Waals surface area contributed by atoms with Crippen LogP contribution >= 0.6 is 0 Å². The summed E-state index contributed by atoms with van der Waals surface area (Å²) in [4.78, 5) is 0. The highest BCUT2D eigenvalue weighted by molar-refractivity contribution is 5.35. The molecule has 0 spiro atoms. The van der Waals surface area contributed by atoms with Gasteiger partial charge >= 0.3 is 0 Å². The van der Waals surface area contributed by atoms with Crippen molar-refractivity contribution in [1.29, 1.82) is 0 Å². The highest BCUT2D eigenvalue weighted by Crippen LogP contribution is 2.32. The molecule has 3 N–H and O–H groups in total. The average Bonchev–Trinajstić information content (AvgIpc) is 2.30. The first kappa shape index (κ1) is 8.18. The van der Waals surface area contributed by atoms with E-state index in [-0.39, 0.29) is 0 Å². The number of nitrogens with two attached hydrogens (primary N) is 1. The Balaban J connectivity index is 2.90. The van der Waals surface area contributed by atoms with E-state index in [0.29, 0.717) is 5.92 Å².